The molecule has 1 aliphatic rings. The zero-order chi connectivity index (χ0) is 9.68. The first kappa shape index (κ1) is 10.5. The third-order valence-electron chi connectivity index (χ3n) is 2.82. The molecule has 1 fully saturated rings. The number of rotatable bonds is 5. The average molecular weight is 184 g/mol. The summed E-state index contributed by atoms with van der Waals surface area (Å²) in [6, 6.07) is 0. The van der Waals surface area contributed by atoms with Gasteiger partial charge in [-0.15, -0.1) is 0 Å². The molecule has 1 amide bonds. The molecule has 0 saturated heterocycles. The number of carbonyl (C=O) groups excluding carboxylic acids is 1. The van der Waals surface area contributed by atoms with Gasteiger partial charge in [0.1, 0.15) is 0 Å². The molecule has 1 saturated carbocycles. The standard InChI is InChI=1S/C10H20N2O/c1-2-12(7-6-11)10(13)8-9-4-3-5-9/h9H,2-8,11H2,1H3. The topological polar surface area (TPSA) is 46.3 Å². The van der Waals surface area contributed by atoms with Crippen LogP contribution in [-0.4, -0.2) is 30.4 Å². The predicted molar refractivity (Wildman–Crippen MR) is 53.3 cm³/mol. The van der Waals surface area contributed by atoms with Gasteiger partial charge in [0.2, 0.25) is 5.91 Å². The van der Waals surface area contributed by atoms with Gasteiger partial charge in [-0.05, 0) is 25.7 Å². The molecule has 0 bridgehead atoms. The van der Waals surface area contributed by atoms with Gasteiger partial charge in [-0.3, -0.25) is 4.79 Å². The van der Waals surface area contributed by atoms with E-state index in [4.69, 9.17) is 5.73 Å². The van der Waals surface area contributed by atoms with Gasteiger partial charge >= 0.3 is 0 Å². The van der Waals surface area contributed by atoms with Gasteiger partial charge in [-0.25, -0.2) is 0 Å². The van der Waals surface area contributed by atoms with Crippen LogP contribution in [0.3, 0.4) is 0 Å². The van der Waals surface area contributed by atoms with Crippen LogP contribution in [0, 0.1) is 5.92 Å². The van der Waals surface area contributed by atoms with E-state index in [1.165, 1.54) is 19.3 Å². The van der Waals surface area contributed by atoms with Crippen molar-refractivity contribution >= 4 is 5.91 Å². The summed E-state index contributed by atoms with van der Waals surface area (Å²) in [5.41, 5.74) is 5.43. The first-order valence-corrected chi connectivity index (χ1v) is 5.25. The van der Waals surface area contributed by atoms with Crippen LogP contribution >= 0.6 is 0 Å². The number of likely N-dealkylation sites (N-methyl/N-ethyl adjacent to an activating group) is 1. The molecule has 0 aromatic rings. The highest BCUT2D eigenvalue weighted by Crippen LogP contribution is 2.29. The second kappa shape index (κ2) is 5.22. The van der Waals surface area contributed by atoms with Gasteiger partial charge in [0.15, 0.2) is 0 Å². The summed E-state index contributed by atoms with van der Waals surface area (Å²) >= 11 is 0. The number of nitrogens with zero attached hydrogens (tertiary/aromatic N) is 1. The number of hydrogen-bond donors (Lipinski definition) is 1. The molecule has 0 radical (unpaired) electrons. The van der Waals surface area contributed by atoms with Crippen molar-refractivity contribution in [3.63, 3.8) is 0 Å². The third-order valence-corrected chi connectivity index (χ3v) is 2.82. The highest BCUT2D eigenvalue weighted by atomic mass is 16.2. The lowest BCUT2D eigenvalue weighted by Crippen LogP contribution is -2.36. The van der Waals surface area contributed by atoms with Crippen LogP contribution in [0.4, 0.5) is 0 Å². The monoisotopic (exact) mass is 184 g/mol. The fourth-order valence-corrected chi connectivity index (χ4v) is 1.69. The summed E-state index contributed by atoms with van der Waals surface area (Å²) in [5, 5.41) is 0. The molecule has 1 aliphatic carbocycles. The Morgan fingerprint density at radius 1 is 1.54 bits per heavy atom. The summed E-state index contributed by atoms with van der Waals surface area (Å²) < 4.78 is 0. The maximum absolute atomic E-state index is 11.6. The van der Waals surface area contributed by atoms with Crippen molar-refractivity contribution in [1.29, 1.82) is 0 Å². The number of carbonyl (C=O) groups is 1. The Bertz CT molecular complexity index is 166. The first-order chi connectivity index (χ1) is 6.27. The van der Waals surface area contributed by atoms with Gasteiger partial charge in [0.05, 0.1) is 0 Å². The molecule has 3 nitrogen and oxygen atoms in total. The van der Waals surface area contributed by atoms with Crippen molar-refractivity contribution in [3.05, 3.63) is 0 Å². The van der Waals surface area contributed by atoms with Crippen LogP contribution in [0.5, 0.6) is 0 Å². The Kier molecular flexibility index (Phi) is 4.22. The fraction of sp³-hybridized carbons (Fsp3) is 0.900. The Labute approximate surface area is 80.3 Å². The number of amides is 1. The minimum Gasteiger partial charge on any atom is -0.342 e. The predicted octanol–water partition coefficient (Wildman–Crippen LogP) is 0.984. The van der Waals surface area contributed by atoms with Crippen LogP contribution in [0.15, 0.2) is 0 Å². The van der Waals surface area contributed by atoms with Crippen molar-refractivity contribution in [2.75, 3.05) is 19.6 Å². The second-order valence-electron chi connectivity index (χ2n) is 3.76. The molecule has 0 aliphatic heterocycles. The van der Waals surface area contributed by atoms with Crippen molar-refractivity contribution in [2.45, 2.75) is 32.6 Å². The summed E-state index contributed by atoms with van der Waals surface area (Å²) in [6.07, 6.45) is 4.53. The van der Waals surface area contributed by atoms with Gasteiger partial charge in [-0.2, -0.15) is 0 Å². The van der Waals surface area contributed by atoms with E-state index in [1.807, 2.05) is 11.8 Å². The van der Waals surface area contributed by atoms with Crippen molar-refractivity contribution in [2.24, 2.45) is 11.7 Å². The zero-order valence-corrected chi connectivity index (χ0v) is 8.46. The quantitative estimate of drug-likeness (QED) is 0.692. The Hall–Kier alpha value is -0.570. The van der Waals surface area contributed by atoms with Crippen LogP contribution in [0.2, 0.25) is 0 Å². The Morgan fingerprint density at radius 2 is 2.23 bits per heavy atom. The number of hydrogen-bond acceptors (Lipinski definition) is 2. The van der Waals surface area contributed by atoms with E-state index in [9.17, 15) is 4.79 Å². The molecule has 1 rings (SSSR count). The molecular formula is C10H20N2O. The molecule has 2 N–H and O–H groups in total. The largest absolute Gasteiger partial charge is 0.342 e. The van der Waals surface area contributed by atoms with Crippen molar-refractivity contribution < 1.29 is 4.79 Å². The van der Waals surface area contributed by atoms with Crippen molar-refractivity contribution in [1.82, 2.24) is 4.90 Å². The molecule has 13 heavy (non-hydrogen) atoms. The summed E-state index contributed by atoms with van der Waals surface area (Å²) in [6.45, 7) is 4.09. The van der Waals surface area contributed by atoms with Crippen molar-refractivity contribution in [3.8, 4) is 0 Å². The van der Waals surface area contributed by atoms with Gasteiger partial charge in [0.25, 0.3) is 0 Å². The SMILES string of the molecule is CCN(CCN)C(=O)CC1CCC1. The second-order valence-corrected chi connectivity index (χ2v) is 3.76. The summed E-state index contributed by atoms with van der Waals surface area (Å²) in [4.78, 5) is 13.5. The van der Waals surface area contributed by atoms with E-state index in [0.29, 0.717) is 19.0 Å². The number of nitrogens with two attached hydrogens (primary N) is 1. The lowest BCUT2D eigenvalue weighted by Gasteiger charge is -2.28. The van der Waals surface area contributed by atoms with E-state index in [2.05, 4.69) is 0 Å². The van der Waals surface area contributed by atoms with Gasteiger partial charge < -0.3 is 10.6 Å². The van der Waals surface area contributed by atoms with Crippen LogP contribution in [0.1, 0.15) is 32.6 Å². The van der Waals surface area contributed by atoms with Crippen LogP contribution in [-0.2, 0) is 4.79 Å². The first-order valence-electron chi connectivity index (χ1n) is 5.25. The molecule has 0 unspecified atom stereocenters. The van der Waals surface area contributed by atoms with E-state index < -0.39 is 0 Å². The molecule has 0 atom stereocenters. The smallest absolute Gasteiger partial charge is 0.222 e. The lowest BCUT2D eigenvalue weighted by molar-refractivity contribution is -0.132. The highest BCUT2D eigenvalue weighted by molar-refractivity contribution is 5.76. The summed E-state index contributed by atoms with van der Waals surface area (Å²) in [5.74, 6) is 0.956. The fourth-order valence-electron chi connectivity index (χ4n) is 1.69. The summed E-state index contributed by atoms with van der Waals surface area (Å²) in [7, 11) is 0. The van der Waals surface area contributed by atoms with E-state index in [0.717, 1.165) is 13.0 Å². The van der Waals surface area contributed by atoms with Gasteiger partial charge in [-0.1, -0.05) is 6.42 Å². The van der Waals surface area contributed by atoms with Crippen LogP contribution < -0.4 is 5.73 Å². The molecule has 0 spiro atoms. The molecule has 0 aromatic carbocycles. The molecule has 76 valence electrons. The van der Waals surface area contributed by atoms with E-state index >= 15 is 0 Å². The zero-order valence-electron chi connectivity index (χ0n) is 8.46. The average Bonchev–Trinajstić information content (AvgIpc) is 2.07. The lowest BCUT2D eigenvalue weighted by atomic mass is 9.82. The molecule has 0 aromatic heterocycles. The Balaban J connectivity index is 2.25. The highest BCUT2D eigenvalue weighted by Gasteiger charge is 2.22. The van der Waals surface area contributed by atoms with E-state index in [1.54, 1.807) is 0 Å². The maximum atomic E-state index is 11.6. The van der Waals surface area contributed by atoms with E-state index in [-0.39, 0.29) is 5.91 Å². The van der Waals surface area contributed by atoms with Gasteiger partial charge in [0, 0.05) is 26.1 Å². The molecule has 3 heteroatoms. The molecular weight excluding hydrogens is 164 g/mol. The Morgan fingerprint density at radius 3 is 2.62 bits per heavy atom. The minimum absolute atomic E-state index is 0.289. The van der Waals surface area contributed by atoms with Crippen LogP contribution in [0.25, 0.3) is 0 Å². The normalized spacial score (nSPS) is 16.8. The molecule has 0 heterocycles. The maximum Gasteiger partial charge on any atom is 0.222 e. The minimum atomic E-state index is 0.289. The third kappa shape index (κ3) is 2.99.